The van der Waals surface area contributed by atoms with Crippen LogP contribution in [0.2, 0.25) is 0 Å². The van der Waals surface area contributed by atoms with Gasteiger partial charge in [-0.3, -0.25) is 4.79 Å². The first-order chi connectivity index (χ1) is 7.50. The SMILES string of the molecule is CC(C)(C)Cn1cc(Br)cc(C(F)(F)F)c1=O. The minimum atomic E-state index is -4.62. The summed E-state index contributed by atoms with van der Waals surface area (Å²) < 4.78 is 39.2. The monoisotopic (exact) mass is 311 g/mol. The van der Waals surface area contributed by atoms with E-state index in [2.05, 4.69) is 15.9 Å². The highest BCUT2D eigenvalue weighted by atomic mass is 79.9. The van der Waals surface area contributed by atoms with Crippen molar-refractivity contribution in [3.05, 3.63) is 32.7 Å². The maximum absolute atomic E-state index is 12.6. The molecular formula is C11H13BrF3NO. The van der Waals surface area contributed by atoms with E-state index in [9.17, 15) is 18.0 Å². The Balaban J connectivity index is 3.35. The van der Waals surface area contributed by atoms with Crippen LogP contribution in [0.5, 0.6) is 0 Å². The van der Waals surface area contributed by atoms with Crippen LogP contribution in [-0.2, 0) is 12.7 Å². The highest BCUT2D eigenvalue weighted by Crippen LogP contribution is 2.28. The molecule has 0 unspecified atom stereocenters. The molecule has 0 fully saturated rings. The molecule has 1 aromatic heterocycles. The number of hydrogen-bond donors (Lipinski definition) is 0. The molecule has 17 heavy (non-hydrogen) atoms. The Morgan fingerprint density at radius 3 is 2.24 bits per heavy atom. The average Bonchev–Trinajstić information content (AvgIpc) is 2.06. The van der Waals surface area contributed by atoms with Crippen LogP contribution in [-0.4, -0.2) is 4.57 Å². The molecule has 6 heteroatoms. The van der Waals surface area contributed by atoms with E-state index in [0.717, 1.165) is 10.6 Å². The second kappa shape index (κ2) is 4.48. The lowest BCUT2D eigenvalue weighted by molar-refractivity contribution is -0.139. The summed E-state index contributed by atoms with van der Waals surface area (Å²) in [5.74, 6) is 0. The van der Waals surface area contributed by atoms with E-state index in [1.54, 1.807) is 0 Å². The van der Waals surface area contributed by atoms with E-state index in [4.69, 9.17) is 0 Å². The largest absolute Gasteiger partial charge is 0.421 e. The van der Waals surface area contributed by atoms with E-state index in [1.807, 2.05) is 20.8 Å². The Hall–Kier alpha value is -0.780. The van der Waals surface area contributed by atoms with Crippen molar-refractivity contribution in [2.45, 2.75) is 33.5 Å². The first-order valence-electron chi connectivity index (χ1n) is 4.98. The molecule has 0 aliphatic heterocycles. The van der Waals surface area contributed by atoms with Gasteiger partial charge in [0.05, 0.1) is 0 Å². The maximum Gasteiger partial charge on any atom is 0.421 e. The Kier molecular flexibility index (Phi) is 3.76. The number of hydrogen-bond acceptors (Lipinski definition) is 1. The topological polar surface area (TPSA) is 22.0 Å². The van der Waals surface area contributed by atoms with Crippen LogP contribution in [0.15, 0.2) is 21.5 Å². The van der Waals surface area contributed by atoms with Gasteiger partial charge in [0, 0.05) is 17.2 Å². The standard InChI is InChI=1S/C11H13BrF3NO/c1-10(2,3)6-16-5-7(12)4-8(9(16)17)11(13,14)15/h4-5H,6H2,1-3H3. The summed E-state index contributed by atoms with van der Waals surface area (Å²) >= 11 is 2.99. The molecule has 2 nitrogen and oxygen atoms in total. The molecule has 0 spiro atoms. The van der Waals surface area contributed by atoms with Crippen molar-refractivity contribution in [2.24, 2.45) is 5.41 Å². The fourth-order valence-electron chi connectivity index (χ4n) is 1.43. The van der Waals surface area contributed by atoms with E-state index in [-0.39, 0.29) is 16.4 Å². The van der Waals surface area contributed by atoms with Crippen molar-refractivity contribution in [3.63, 3.8) is 0 Å². The Bertz CT molecular complexity index is 471. The number of halogens is 4. The fourth-order valence-corrected chi connectivity index (χ4v) is 1.91. The third kappa shape index (κ3) is 3.87. The smallest absolute Gasteiger partial charge is 0.313 e. The molecular weight excluding hydrogens is 299 g/mol. The van der Waals surface area contributed by atoms with E-state index in [1.165, 1.54) is 6.20 Å². The molecule has 0 radical (unpaired) electrons. The highest BCUT2D eigenvalue weighted by molar-refractivity contribution is 9.10. The van der Waals surface area contributed by atoms with Gasteiger partial charge in [-0.15, -0.1) is 0 Å². The van der Waals surface area contributed by atoms with Gasteiger partial charge in [0.1, 0.15) is 5.56 Å². The number of pyridine rings is 1. The quantitative estimate of drug-likeness (QED) is 0.775. The molecule has 0 saturated carbocycles. The molecule has 0 N–H and O–H groups in total. The van der Waals surface area contributed by atoms with Gasteiger partial charge in [-0.2, -0.15) is 13.2 Å². The van der Waals surface area contributed by atoms with Gasteiger partial charge < -0.3 is 4.57 Å². The summed E-state index contributed by atoms with van der Waals surface area (Å²) in [6, 6.07) is 0.807. The third-order valence-electron chi connectivity index (χ3n) is 2.00. The third-order valence-corrected chi connectivity index (χ3v) is 2.44. The van der Waals surface area contributed by atoms with Crippen LogP contribution in [0.1, 0.15) is 26.3 Å². The lowest BCUT2D eigenvalue weighted by atomic mass is 9.97. The van der Waals surface area contributed by atoms with Crippen LogP contribution >= 0.6 is 15.9 Å². The van der Waals surface area contributed by atoms with Crippen molar-refractivity contribution in [1.29, 1.82) is 0 Å². The summed E-state index contributed by atoms with van der Waals surface area (Å²) in [7, 11) is 0. The van der Waals surface area contributed by atoms with Crippen LogP contribution in [0.4, 0.5) is 13.2 Å². The first-order valence-corrected chi connectivity index (χ1v) is 5.77. The lowest BCUT2D eigenvalue weighted by Crippen LogP contribution is -2.31. The Morgan fingerprint density at radius 1 is 1.29 bits per heavy atom. The zero-order valence-electron chi connectivity index (χ0n) is 9.73. The fraction of sp³-hybridized carbons (Fsp3) is 0.545. The maximum atomic E-state index is 12.6. The summed E-state index contributed by atoms with van der Waals surface area (Å²) in [6.07, 6.45) is -3.25. The molecule has 1 heterocycles. The lowest BCUT2D eigenvalue weighted by Gasteiger charge is -2.21. The molecule has 1 rings (SSSR count). The Morgan fingerprint density at radius 2 is 1.82 bits per heavy atom. The number of rotatable bonds is 1. The average molecular weight is 312 g/mol. The summed E-state index contributed by atoms with van der Waals surface area (Å²) in [5, 5.41) is 0. The predicted molar refractivity (Wildman–Crippen MR) is 62.9 cm³/mol. The minimum Gasteiger partial charge on any atom is -0.313 e. The second-order valence-corrected chi connectivity index (χ2v) is 5.98. The number of nitrogens with zero attached hydrogens (tertiary/aromatic N) is 1. The van der Waals surface area contributed by atoms with Gasteiger partial charge in [-0.1, -0.05) is 20.8 Å². The van der Waals surface area contributed by atoms with E-state index >= 15 is 0 Å². The molecule has 0 saturated heterocycles. The van der Waals surface area contributed by atoms with E-state index in [0.29, 0.717) is 0 Å². The predicted octanol–water partition coefficient (Wildman–Crippen LogP) is 3.68. The van der Waals surface area contributed by atoms with Crippen molar-refractivity contribution in [3.8, 4) is 0 Å². The van der Waals surface area contributed by atoms with Crippen molar-refractivity contribution < 1.29 is 13.2 Å². The number of alkyl halides is 3. The van der Waals surface area contributed by atoms with Gasteiger partial charge >= 0.3 is 6.18 Å². The van der Waals surface area contributed by atoms with Gasteiger partial charge in [-0.05, 0) is 27.4 Å². The number of aromatic nitrogens is 1. The van der Waals surface area contributed by atoms with Crippen LogP contribution in [0, 0.1) is 5.41 Å². The zero-order valence-corrected chi connectivity index (χ0v) is 11.3. The zero-order chi connectivity index (χ0) is 13.4. The van der Waals surface area contributed by atoms with Gasteiger partial charge in [-0.25, -0.2) is 0 Å². The molecule has 0 aliphatic carbocycles. The molecule has 0 aromatic carbocycles. The van der Waals surface area contributed by atoms with Crippen molar-refractivity contribution >= 4 is 15.9 Å². The van der Waals surface area contributed by atoms with Crippen LogP contribution < -0.4 is 5.56 Å². The van der Waals surface area contributed by atoms with Crippen LogP contribution in [0.3, 0.4) is 0 Å². The molecule has 0 atom stereocenters. The van der Waals surface area contributed by atoms with Crippen LogP contribution in [0.25, 0.3) is 0 Å². The summed E-state index contributed by atoms with van der Waals surface area (Å²) in [5.41, 5.74) is -2.42. The van der Waals surface area contributed by atoms with Crippen molar-refractivity contribution in [2.75, 3.05) is 0 Å². The second-order valence-electron chi connectivity index (χ2n) is 5.06. The molecule has 0 aliphatic rings. The van der Waals surface area contributed by atoms with Crippen molar-refractivity contribution in [1.82, 2.24) is 4.57 Å². The normalized spacial score (nSPS) is 12.9. The molecule has 96 valence electrons. The van der Waals surface area contributed by atoms with Gasteiger partial charge in [0.2, 0.25) is 0 Å². The highest BCUT2D eigenvalue weighted by Gasteiger charge is 2.35. The van der Waals surface area contributed by atoms with Gasteiger partial charge in [0.25, 0.3) is 5.56 Å². The summed E-state index contributed by atoms with van der Waals surface area (Å²) in [6.45, 7) is 5.79. The summed E-state index contributed by atoms with van der Waals surface area (Å²) in [4.78, 5) is 11.7. The molecule has 1 aromatic rings. The minimum absolute atomic E-state index is 0.231. The van der Waals surface area contributed by atoms with E-state index < -0.39 is 17.3 Å². The molecule has 0 bridgehead atoms. The Labute approximate surface area is 106 Å². The van der Waals surface area contributed by atoms with Gasteiger partial charge in [0.15, 0.2) is 0 Å². The molecule has 0 amide bonds. The first kappa shape index (κ1) is 14.3.